The number of methoxy groups -OCH3 is 1. The molecular weight excluding hydrogens is 156 g/mol. The van der Waals surface area contributed by atoms with Gasteiger partial charge in [-0.25, -0.2) is 0 Å². The van der Waals surface area contributed by atoms with E-state index in [2.05, 4.69) is 0 Å². The van der Waals surface area contributed by atoms with E-state index in [0.717, 1.165) is 21.8 Å². The molecule has 1 rings (SSSR count). The van der Waals surface area contributed by atoms with Crippen LogP contribution in [0.4, 0.5) is 0 Å². The first-order valence-corrected chi connectivity index (χ1v) is 3.88. The van der Waals surface area contributed by atoms with Gasteiger partial charge in [0.05, 0.1) is 7.11 Å². The Bertz CT molecular complexity index is 245. The van der Waals surface area contributed by atoms with Gasteiger partial charge in [0.15, 0.2) is 0 Å². The maximum Gasteiger partial charge on any atom is 0.119 e. The molecule has 0 saturated carbocycles. The molecule has 0 aliphatic carbocycles. The lowest BCUT2D eigenvalue weighted by atomic mass is 10.1. The molecule has 11 heavy (non-hydrogen) atoms. The van der Waals surface area contributed by atoms with E-state index in [9.17, 15) is 0 Å². The molecule has 1 aromatic carbocycles. The highest BCUT2D eigenvalue weighted by atomic mass is 32.1. The van der Waals surface area contributed by atoms with Gasteiger partial charge in [-0.15, -0.1) is 0 Å². The van der Waals surface area contributed by atoms with Gasteiger partial charge >= 0.3 is 0 Å². The Morgan fingerprint density at radius 1 is 1.18 bits per heavy atom. The number of rotatable bonds is 1. The first-order chi connectivity index (χ1) is 5.15. The summed E-state index contributed by atoms with van der Waals surface area (Å²) in [5, 5.41) is 0. The SMILES string of the molecule is COc1cc(C)c([S])c(C)c1. The minimum atomic E-state index is 0.883. The monoisotopic (exact) mass is 167 g/mol. The van der Waals surface area contributed by atoms with Crippen LogP contribution >= 0.6 is 12.6 Å². The second kappa shape index (κ2) is 3.09. The summed E-state index contributed by atoms with van der Waals surface area (Å²) in [6, 6.07) is 3.91. The number of ether oxygens (including phenoxy) is 1. The van der Waals surface area contributed by atoms with Gasteiger partial charge < -0.3 is 4.74 Å². The molecule has 0 N–H and O–H groups in total. The van der Waals surface area contributed by atoms with Crippen LogP contribution in [0.5, 0.6) is 5.75 Å². The molecular formula is C9H11OS. The van der Waals surface area contributed by atoms with Crippen LogP contribution in [0.2, 0.25) is 0 Å². The molecule has 0 aromatic heterocycles. The van der Waals surface area contributed by atoms with Crippen molar-refractivity contribution in [1.29, 1.82) is 0 Å². The standard InChI is InChI=1S/C9H11OS/c1-6-4-8(10-3)5-7(2)9(6)11/h4-5H,1-3H3. The third-order valence-electron chi connectivity index (χ3n) is 1.67. The summed E-state index contributed by atoms with van der Waals surface area (Å²) in [6.07, 6.45) is 0. The molecule has 0 spiro atoms. The summed E-state index contributed by atoms with van der Waals surface area (Å²) in [4.78, 5) is 0.936. The number of hydrogen-bond donors (Lipinski definition) is 0. The van der Waals surface area contributed by atoms with Gasteiger partial charge in [-0.1, -0.05) is 12.6 Å². The van der Waals surface area contributed by atoms with Gasteiger partial charge in [-0.2, -0.15) is 0 Å². The van der Waals surface area contributed by atoms with Crippen molar-refractivity contribution < 1.29 is 4.74 Å². The van der Waals surface area contributed by atoms with Crippen LogP contribution < -0.4 is 4.74 Å². The predicted octanol–water partition coefficient (Wildman–Crippen LogP) is 2.87. The zero-order valence-corrected chi connectivity index (χ0v) is 7.79. The molecule has 1 aromatic rings. The van der Waals surface area contributed by atoms with Gasteiger partial charge in [0.2, 0.25) is 0 Å². The third kappa shape index (κ3) is 1.63. The van der Waals surface area contributed by atoms with Gasteiger partial charge in [0, 0.05) is 4.90 Å². The Hall–Kier alpha value is -0.760. The van der Waals surface area contributed by atoms with Gasteiger partial charge in [0.25, 0.3) is 0 Å². The molecule has 0 atom stereocenters. The van der Waals surface area contributed by atoms with Crippen molar-refractivity contribution in [3.05, 3.63) is 23.3 Å². The molecule has 1 radical (unpaired) electrons. The topological polar surface area (TPSA) is 9.23 Å². The smallest absolute Gasteiger partial charge is 0.119 e. The van der Waals surface area contributed by atoms with E-state index in [0.29, 0.717) is 0 Å². The van der Waals surface area contributed by atoms with Crippen LogP contribution in [0.1, 0.15) is 11.1 Å². The predicted molar refractivity (Wildman–Crippen MR) is 48.3 cm³/mol. The highest BCUT2D eigenvalue weighted by molar-refractivity contribution is 7.80. The van der Waals surface area contributed by atoms with Crippen LogP contribution in [-0.2, 0) is 0 Å². The van der Waals surface area contributed by atoms with Crippen molar-refractivity contribution >= 4 is 12.6 Å². The van der Waals surface area contributed by atoms with Crippen molar-refractivity contribution in [2.24, 2.45) is 0 Å². The second-order valence-corrected chi connectivity index (χ2v) is 3.00. The molecule has 0 fully saturated rings. The Morgan fingerprint density at radius 3 is 2.00 bits per heavy atom. The average molecular weight is 167 g/mol. The lowest BCUT2D eigenvalue weighted by Gasteiger charge is -2.05. The molecule has 59 valence electrons. The maximum absolute atomic E-state index is 5.15. The molecule has 0 unspecified atom stereocenters. The maximum atomic E-state index is 5.15. The molecule has 1 nitrogen and oxygen atoms in total. The molecule has 0 amide bonds. The first-order valence-electron chi connectivity index (χ1n) is 3.47. The molecule has 2 heteroatoms. The van der Waals surface area contributed by atoms with Crippen molar-refractivity contribution in [2.75, 3.05) is 7.11 Å². The fraction of sp³-hybridized carbons (Fsp3) is 0.333. The number of aryl methyl sites for hydroxylation is 2. The third-order valence-corrected chi connectivity index (χ3v) is 2.31. The zero-order chi connectivity index (χ0) is 8.43. The second-order valence-electron chi connectivity index (χ2n) is 2.59. The van der Waals surface area contributed by atoms with Crippen LogP contribution in [0.15, 0.2) is 17.0 Å². The Balaban J connectivity index is 3.21. The molecule has 0 bridgehead atoms. The fourth-order valence-electron chi connectivity index (χ4n) is 1.03. The van der Waals surface area contributed by atoms with Crippen LogP contribution in [0.25, 0.3) is 0 Å². The van der Waals surface area contributed by atoms with Crippen LogP contribution in [0, 0.1) is 13.8 Å². The average Bonchev–Trinajstić information content (AvgIpc) is 1.99. The lowest BCUT2D eigenvalue weighted by Crippen LogP contribution is -1.87. The van der Waals surface area contributed by atoms with Gasteiger partial charge in [-0.3, -0.25) is 0 Å². The number of hydrogen-bond acceptors (Lipinski definition) is 1. The zero-order valence-electron chi connectivity index (χ0n) is 6.97. The summed E-state index contributed by atoms with van der Waals surface area (Å²) in [6.45, 7) is 4.00. The lowest BCUT2D eigenvalue weighted by molar-refractivity contribution is 0.413. The van der Waals surface area contributed by atoms with Gasteiger partial charge in [-0.05, 0) is 37.1 Å². The van der Waals surface area contributed by atoms with E-state index in [1.54, 1.807) is 7.11 Å². The normalized spacial score (nSPS) is 9.73. The molecule has 0 heterocycles. The van der Waals surface area contributed by atoms with Gasteiger partial charge in [0.1, 0.15) is 5.75 Å². The Kier molecular flexibility index (Phi) is 2.35. The van der Waals surface area contributed by atoms with Crippen LogP contribution in [0.3, 0.4) is 0 Å². The molecule has 0 saturated heterocycles. The summed E-state index contributed by atoms with van der Waals surface area (Å²) in [7, 11) is 1.66. The van der Waals surface area contributed by atoms with E-state index >= 15 is 0 Å². The van der Waals surface area contributed by atoms with Crippen molar-refractivity contribution in [3.63, 3.8) is 0 Å². The first kappa shape index (κ1) is 8.34. The summed E-state index contributed by atoms with van der Waals surface area (Å²) in [5.74, 6) is 0.883. The number of benzene rings is 1. The largest absolute Gasteiger partial charge is 0.497 e. The Labute approximate surface area is 72.8 Å². The fourth-order valence-corrected chi connectivity index (χ4v) is 1.15. The summed E-state index contributed by atoms with van der Waals surface area (Å²) >= 11 is 5.15. The minimum Gasteiger partial charge on any atom is -0.497 e. The van der Waals surface area contributed by atoms with Crippen molar-refractivity contribution in [3.8, 4) is 5.75 Å². The highest BCUT2D eigenvalue weighted by Gasteiger charge is 2.01. The Morgan fingerprint density at radius 2 is 1.64 bits per heavy atom. The molecule has 0 aliphatic rings. The summed E-state index contributed by atoms with van der Waals surface area (Å²) < 4.78 is 5.08. The van der Waals surface area contributed by atoms with E-state index < -0.39 is 0 Å². The van der Waals surface area contributed by atoms with E-state index in [4.69, 9.17) is 17.4 Å². The van der Waals surface area contributed by atoms with E-state index in [1.807, 2.05) is 26.0 Å². The van der Waals surface area contributed by atoms with Crippen LogP contribution in [-0.4, -0.2) is 7.11 Å². The van der Waals surface area contributed by atoms with Crippen molar-refractivity contribution in [1.82, 2.24) is 0 Å². The molecule has 0 aliphatic heterocycles. The van der Waals surface area contributed by atoms with E-state index in [-0.39, 0.29) is 0 Å². The summed E-state index contributed by atoms with van der Waals surface area (Å²) in [5.41, 5.74) is 2.22. The van der Waals surface area contributed by atoms with E-state index in [1.165, 1.54) is 0 Å². The highest BCUT2D eigenvalue weighted by Crippen LogP contribution is 2.23. The van der Waals surface area contributed by atoms with Crippen molar-refractivity contribution in [2.45, 2.75) is 18.7 Å². The minimum absolute atomic E-state index is 0.883. The quantitative estimate of drug-likeness (QED) is 0.625.